The van der Waals surface area contributed by atoms with E-state index in [1.807, 2.05) is 19.1 Å². The molecule has 0 radical (unpaired) electrons. The molecular formula is C13H10Cl2N4S2. The molecule has 0 unspecified atom stereocenters. The number of nitrogens with one attached hydrogen (secondary N) is 1. The number of hydrogen-bond acceptors (Lipinski definition) is 6. The normalized spacial score (nSPS) is 11.0. The molecule has 0 aliphatic carbocycles. The Morgan fingerprint density at radius 1 is 1.19 bits per heavy atom. The number of rotatable bonds is 3. The average Bonchev–Trinajstić information content (AvgIpc) is 2.83. The van der Waals surface area contributed by atoms with Gasteiger partial charge in [-0.3, -0.25) is 5.43 Å². The fourth-order valence-corrected chi connectivity index (χ4v) is 4.05. The maximum Gasteiger partial charge on any atom is 0.239 e. The molecule has 3 rings (SSSR count). The summed E-state index contributed by atoms with van der Waals surface area (Å²) >= 11 is 15.1. The number of thiophene rings is 1. The van der Waals surface area contributed by atoms with E-state index in [1.165, 1.54) is 16.6 Å². The lowest BCUT2D eigenvalue weighted by Crippen LogP contribution is -2.10. The second-order valence-electron chi connectivity index (χ2n) is 4.25. The number of aromatic nitrogens is 2. The van der Waals surface area contributed by atoms with Crippen molar-refractivity contribution in [2.45, 2.75) is 16.8 Å². The topological polar surface area (TPSA) is 63.8 Å². The van der Waals surface area contributed by atoms with Crippen LogP contribution < -0.4 is 11.3 Å². The van der Waals surface area contributed by atoms with E-state index in [-0.39, 0.29) is 0 Å². The minimum Gasteiger partial charge on any atom is -0.292 e. The number of nitrogens with two attached hydrogens (primary N) is 1. The van der Waals surface area contributed by atoms with Crippen molar-refractivity contribution in [2.75, 3.05) is 5.43 Å². The molecule has 0 aliphatic rings. The van der Waals surface area contributed by atoms with Crippen molar-refractivity contribution in [1.82, 2.24) is 9.97 Å². The molecule has 1 aromatic carbocycles. The Morgan fingerprint density at radius 2 is 2.00 bits per heavy atom. The molecule has 0 aliphatic heterocycles. The summed E-state index contributed by atoms with van der Waals surface area (Å²) in [6.07, 6.45) is 0. The zero-order chi connectivity index (χ0) is 15.0. The van der Waals surface area contributed by atoms with Gasteiger partial charge in [-0.15, -0.1) is 11.3 Å². The summed E-state index contributed by atoms with van der Waals surface area (Å²) in [5, 5.41) is 2.89. The highest BCUT2D eigenvalue weighted by Gasteiger charge is 2.12. The zero-order valence-electron chi connectivity index (χ0n) is 10.9. The summed E-state index contributed by atoms with van der Waals surface area (Å²) in [6.45, 7) is 2.04. The van der Waals surface area contributed by atoms with Crippen LogP contribution in [0.15, 0.2) is 34.2 Å². The van der Waals surface area contributed by atoms with Gasteiger partial charge in [0.25, 0.3) is 0 Å². The smallest absolute Gasteiger partial charge is 0.239 e. The highest BCUT2D eigenvalue weighted by atomic mass is 35.5. The standard InChI is InChI=1S/C13H10Cl2N4S2/c1-6-4-8-11(20-6)17-13(19-16)18-12(8)21-7-2-3-9(14)10(15)5-7/h2-5H,16H2,1H3,(H,17,18,19). The lowest BCUT2D eigenvalue weighted by Gasteiger charge is -2.06. The number of hydrazine groups is 1. The van der Waals surface area contributed by atoms with Gasteiger partial charge in [-0.25, -0.2) is 15.8 Å². The Balaban J connectivity index is 2.07. The molecule has 0 spiro atoms. The van der Waals surface area contributed by atoms with Gasteiger partial charge >= 0.3 is 0 Å². The number of hydrogen-bond donors (Lipinski definition) is 2. The van der Waals surface area contributed by atoms with Gasteiger partial charge < -0.3 is 0 Å². The maximum absolute atomic E-state index is 6.05. The Kier molecular flexibility index (Phi) is 4.24. The fraction of sp³-hybridized carbons (Fsp3) is 0.0769. The first-order valence-corrected chi connectivity index (χ1v) is 8.33. The summed E-state index contributed by atoms with van der Waals surface area (Å²) in [5.41, 5.74) is 2.50. The van der Waals surface area contributed by atoms with Crippen LogP contribution in [0.4, 0.5) is 5.95 Å². The largest absolute Gasteiger partial charge is 0.292 e. The van der Waals surface area contributed by atoms with E-state index in [1.54, 1.807) is 17.4 Å². The first-order chi connectivity index (χ1) is 10.1. The summed E-state index contributed by atoms with van der Waals surface area (Å²) in [4.78, 5) is 11.8. The summed E-state index contributed by atoms with van der Waals surface area (Å²) in [7, 11) is 0. The van der Waals surface area contributed by atoms with Gasteiger partial charge in [-0.2, -0.15) is 0 Å². The second-order valence-corrected chi connectivity index (χ2v) is 7.36. The first-order valence-electron chi connectivity index (χ1n) is 5.94. The summed E-state index contributed by atoms with van der Waals surface area (Å²) < 4.78 is 0. The van der Waals surface area contributed by atoms with E-state index < -0.39 is 0 Å². The maximum atomic E-state index is 6.05. The summed E-state index contributed by atoms with van der Waals surface area (Å²) in [5.74, 6) is 5.83. The van der Waals surface area contributed by atoms with Crippen molar-refractivity contribution in [1.29, 1.82) is 0 Å². The van der Waals surface area contributed by atoms with E-state index in [9.17, 15) is 0 Å². The van der Waals surface area contributed by atoms with Gasteiger partial charge in [0.2, 0.25) is 5.95 Å². The van der Waals surface area contributed by atoms with Crippen molar-refractivity contribution in [2.24, 2.45) is 5.84 Å². The van der Waals surface area contributed by atoms with Gasteiger partial charge in [0.05, 0.1) is 10.0 Å². The highest BCUT2D eigenvalue weighted by molar-refractivity contribution is 7.99. The van der Waals surface area contributed by atoms with Crippen LogP contribution in [0.2, 0.25) is 10.0 Å². The molecule has 108 valence electrons. The van der Waals surface area contributed by atoms with Crippen molar-refractivity contribution in [3.05, 3.63) is 39.2 Å². The molecule has 2 aromatic heterocycles. The Bertz CT molecular complexity index is 819. The molecule has 4 nitrogen and oxygen atoms in total. The quantitative estimate of drug-likeness (QED) is 0.403. The van der Waals surface area contributed by atoms with Gasteiger partial charge in [0.15, 0.2) is 0 Å². The molecule has 3 aromatic rings. The van der Waals surface area contributed by atoms with Crippen molar-refractivity contribution in [3.8, 4) is 0 Å². The number of aryl methyl sites for hydroxylation is 1. The molecule has 0 fully saturated rings. The van der Waals surface area contributed by atoms with Gasteiger partial charge in [0.1, 0.15) is 9.86 Å². The lowest BCUT2D eigenvalue weighted by atomic mass is 10.4. The third-order valence-electron chi connectivity index (χ3n) is 2.72. The highest BCUT2D eigenvalue weighted by Crippen LogP contribution is 2.37. The van der Waals surface area contributed by atoms with Crippen molar-refractivity contribution in [3.63, 3.8) is 0 Å². The van der Waals surface area contributed by atoms with E-state index in [0.29, 0.717) is 16.0 Å². The third-order valence-corrected chi connectivity index (χ3v) is 5.39. The van der Waals surface area contributed by atoms with Gasteiger partial charge in [-0.05, 0) is 31.2 Å². The van der Waals surface area contributed by atoms with Crippen LogP contribution in [0.5, 0.6) is 0 Å². The predicted molar refractivity (Wildman–Crippen MR) is 90.5 cm³/mol. The van der Waals surface area contributed by atoms with Crippen LogP contribution in [0.3, 0.4) is 0 Å². The molecule has 3 N–H and O–H groups in total. The summed E-state index contributed by atoms with van der Waals surface area (Å²) in [6, 6.07) is 7.56. The van der Waals surface area contributed by atoms with Crippen molar-refractivity contribution >= 4 is 62.5 Å². The molecule has 2 heterocycles. The number of fused-ring (bicyclic) bond motifs is 1. The minimum atomic E-state index is 0.395. The number of anilines is 1. The lowest BCUT2D eigenvalue weighted by molar-refractivity contribution is 1.08. The number of nitrogens with zero attached hydrogens (tertiary/aromatic N) is 2. The molecular weight excluding hydrogens is 347 g/mol. The van der Waals surface area contributed by atoms with Gasteiger partial charge in [0, 0.05) is 15.2 Å². The molecule has 0 atom stereocenters. The third kappa shape index (κ3) is 3.09. The fourth-order valence-electron chi connectivity index (χ4n) is 1.81. The molecule has 0 saturated carbocycles. The SMILES string of the molecule is Cc1cc2c(Sc3ccc(Cl)c(Cl)c3)nc(NN)nc2s1. The predicted octanol–water partition coefficient (Wildman–Crippen LogP) is 4.74. The molecule has 0 amide bonds. The van der Waals surface area contributed by atoms with E-state index in [0.717, 1.165) is 20.1 Å². The van der Waals surface area contributed by atoms with Crippen LogP contribution in [0.25, 0.3) is 10.2 Å². The number of halogens is 2. The van der Waals surface area contributed by atoms with E-state index >= 15 is 0 Å². The molecule has 21 heavy (non-hydrogen) atoms. The van der Waals surface area contributed by atoms with E-state index in [4.69, 9.17) is 29.0 Å². The zero-order valence-corrected chi connectivity index (χ0v) is 14.0. The van der Waals surface area contributed by atoms with Crippen LogP contribution in [0.1, 0.15) is 4.88 Å². The Hall–Kier alpha value is -1.05. The van der Waals surface area contributed by atoms with E-state index in [2.05, 4.69) is 21.5 Å². The average molecular weight is 357 g/mol. The monoisotopic (exact) mass is 356 g/mol. The Labute approximate surface area is 139 Å². The van der Waals surface area contributed by atoms with Crippen LogP contribution in [0, 0.1) is 6.92 Å². The molecule has 0 saturated heterocycles. The molecule has 0 bridgehead atoms. The van der Waals surface area contributed by atoms with Crippen LogP contribution in [-0.2, 0) is 0 Å². The van der Waals surface area contributed by atoms with Crippen LogP contribution in [-0.4, -0.2) is 9.97 Å². The Morgan fingerprint density at radius 3 is 2.71 bits per heavy atom. The number of benzene rings is 1. The number of nitrogen functional groups attached to an aromatic ring is 1. The van der Waals surface area contributed by atoms with Crippen LogP contribution >= 0.6 is 46.3 Å². The minimum absolute atomic E-state index is 0.395. The molecule has 8 heteroatoms. The second kappa shape index (κ2) is 5.98. The first kappa shape index (κ1) is 14.9. The van der Waals surface area contributed by atoms with Gasteiger partial charge in [-0.1, -0.05) is 35.0 Å². The van der Waals surface area contributed by atoms with Crippen molar-refractivity contribution < 1.29 is 0 Å².